The molecule has 0 unspecified atom stereocenters. The summed E-state index contributed by atoms with van der Waals surface area (Å²) in [5, 5.41) is 6.51. The Labute approximate surface area is 170 Å². The Morgan fingerprint density at radius 2 is 1.80 bits per heavy atom. The molecule has 0 aliphatic carbocycles. The number of hydrogen-bond acceptors (Lipinski definition) is 4. The van der Waals surface area contributed by atoms with Crippen molar-refractivity contribution in [3.63, 3.8) is 0 Å². The standard InChI is InChI=1S/C16H33N5O2S.HI/c1-15-5-11-20(12-6-15)9-3-7-18-16(17-2)19-8-13-21-10-4-14-24(21,22)23;/h15H,3-14H2,1-2H3,(H2,17,18,19);1H. The van der Waals surface area contributed by atoms with E-state index in [0.29, 0.717) is 19.6 Å². The summed E-state index contributed by atoms with van der Waals surface area (Å²) in [5.74, 6) is 1.91. The maximum Gasteiger partial charge on any atom is 0.214 e. The zero-order valence-electron chi connectivity index (χ0n) is 15.5. The average molecular weight is 487 g/mol. The quantitative estimate of drug-likeness (QED) is 0.242. The van der Waals surface area contributed by atoms with Crippen LogP contribution in [0.25, 0.3) is 0 Å². The Kier molecular flexibility index (Phi) is 10.6. The van der Waals surface area contributed by atoms with Gasteiger partial charge in [-0.25, -0.2) is 12.7 Å². The summed E-state index contributed by atoms with van der Waals surface area (Å²) in [7, 11) is -1.26. The third-order valence-corrected chi connectivity index (χ3v) is 6.86. The van der Waals surface area contributed by atoms with Gasteiger partial charge in [0, 0.05) is 33.2 Å². The highest BCUT2D eigenvalue weighted by atomic mass is 127. The molecule has 2 rings (SSSR count). The zero-order valence-corrected chi connectivity index (χ0v) is 18.7. The van der Waals surface area contributed by atoms with Gasteiger partial charge in [0.05, 0.1) is 5.75 Å². The second kappa shape index (κ2) is 11.6. The molecule has 9 heteroatoms. The first-order chi connectivity index (χ1) is 11.5. The molecule has 2 heterocycles. The molecular weight excluding hydrogens is 453 g/mol. The second-order valence-electron chi connectivity index (χ2n) is 6.87. The van der Waals surface area contributed by atoms with Crippen LogP contribution in [-0.2, 0) is 10.0 Å². The Balaban J connectivity index is 0.00000312. The lowest BCUT2D eigenvalue weighted by molar-refractivity contribution is 0.191. The third kappa shape index (κ3) is 7.96. The van der Waals surface area contributed by atoms with Gasteiger partial charge in [-0.2, -0.15) is 0 Å². The molecular formula is C16H34IN5O2S. The summed E-state index contributed by atoms with van der Waals surface area (Å²) in [4.78, 5) is 6.73. The lowest BCUT2D eigenvalue weighted by atomic mass is 9.99. The zero-order chi connectivity index (χ0) is 17.4. The van der Waals surface area contributed by atoms with Gasteiger partial charge in [0.15, 0.2) is 5.96 Å². The molecule has 0 radical (unpaired) electrons. The molecule has 2 saturated heterocycles. The van der Waals surface area contributed by atoms with Gasteiger partial charge in [0.1, 0.15) is 0 Å². The van der Waals surface area contributed by atoms with Crippen molar-refractivity contribution in [1.29, 1.82) is 0 Å². The van der Waals surface area contributed by atoms with Crippen molar-refractivity contribution in [2.45, 2.75) is 32.6 Å². The minimum atomic E-state index is -3.00. The van der Waals surface area contributed by atoms with Crippen LogP contribution in [-0.4, -0.2) is 82.2 Å². The van der Waals surface area contributed by atoms with E-state index in [9.17, 15) is 8.42 Å². The topological polar surface area (TPSA) is 77.0 Å². The fraction of sp³-hybridized carbons (Fsp3) is 0.938. The lowest BCUT2D eigenvalue weighted by Gasteiger charge is -2.30. The van der Waals surface area contributed by atoms with Crippen LogP contribution in [0.4, 0.5) is 0 Å². The predicted octanol–water partition coefficient (Wildman–Crippen LogP) is 0.927. The van der Waals surface area contributed by atoms with E-state index in [4.69, 9.17) is 0 Å². The van der Waals surface area contributed by atoms with Crippen molar-refractivity contribution in [1.82, 2.24) is 19.8 Å². The molecule has 0 amide bonds. The van der Waals surface area contributed by atoms with E-state index in [-0.39, 0.29) is 29.7 Å². The van der Waals surface area contributed by atoms with E-state index in [2.05, 4.69) is 27.4 Å². The van der Waals surface area contributed by atoms with Crippen LogP contribution in [0.5, 0.6) is 0 Å². The molecule has 0 aromatic heterocycles. The van der Waals surface area contributed by atoms with Crippen LogP contribution in [0.2, 0.25) is 0 Å². The number of halogens is 1. The van der Waals surface area contributed by atoms with E-state index in [1.54, 1.807) is 11.4 Å². The highest BCUT2D eigenvalue weighted by Gasteiger charge is 2.27. The second-order valence-corrected chi connectivity index (χ2v) is 8.96. The van der Waals surface area contributed by atoms with Gasteiger partial charge < -0.3 is 15.5 Å². The first-order valence-electron chi connectivity index (χ1n) is 9.16. The summed E-state index contributed by atoms with van der Waals surface area (Å²) in [6, 6.07) is 0. The van der Waals surface area contributed by atoms with Crippen molar-refractivity contribution in [2.75, 3.05) is 58.6 Å². The van der Waals surface area contributed by atoms with Gasteiger partial charge in [-0.3, -0.25) is 4.99 Å². The highest BCUT2D eigenvalue weighted by molar-refractivity contribution is 14.0. The number of nitrogens with one attached hydrogen (secondary N) is 2. The Morgan fingerprint density at radius 1 is 1.12 bits per heavy atom. The predicted molar refractivity (Wildman–Crippen MR) is 114 cm³/mol. The number of nitrogens with zero attached hydrogens (tertiary/aromatic N) is 3. The SMILES string of the molecule is CN=C(NCCCN1CCC(C)CC1)NCCN1CCCS1(=O)=O.I. The van der Waals surface area contributed by atoms with Gasteiger partial charge in [-0.05, 0) is 51.2 Å². The Morgan fingerprint density at radius 3 is 2.40 bits per heavy atom. The minimum absolute atomic E-state index is 0. The molecule has 0 aromatic rings. The molecule has 148 valence electrons. The highest BCUT2D eigenvalue weighted by Crippen LogP contribution is 2.15. The van der Waals surface area contributed by atoms with Crippen molar-refractivity contribution in [3.05, 3.63) is 0 Å². The van der Waals surface area contributed by atoms with Crippen molar-refractivity contribution >= 4 is 40.0 Å². The van der Waals surface area contributed by atoms with E-state index in [0.717, 1.165) is 37.8 Å². The number of sulfonamides is 1. The summed E-state index contributed by atoms with van der Waals surface area (Å²) in [5.41, 5.74) is 0. The molecule has 25 heavy (non-hydrogen) atoms. The first kappa shape index (κ1) is 22.9. The third-order valence-electron chi connectivity index (χ3n) is 4.90. The maximum absolute atomic E-state index is 11.7. The summed E-state index contributed by atoms with van der Waals surface area (Å²) in [6.45, 7) is 8.53. The van der Waals surface area contributed by atoms with Gasteiger partial charge >= 0.3 is 0 Å². The molecule has 0 atom stereocenters. The van der Waals surface area contributed by atoms with Gasteiger partial charge in [0.2, 0.25) is 10.0 Å². The van der Waals surface area contributed by atoms with Crippen LogP contribution in [0, 0.1) is 5.92 Å². The van der Waals surface area contributed by atoms with Crippen LogP contribution < -0.4 is 10.6 Å². The lowest BCUT2D eigenvalue weighted by Crippen LogP contribution is -2.43. The van der Waals surface area contributed by atoms with E-state index < -0.39 is 10.0 Å². The molecule has 2 aliphatic heterocycles. The summed E-state index contributed by atoms with van der Waals surface area (Å²) in [6.07, 6.45) is 4.46. The number of aliphatic imine (C=N–C) groups is 1. The van der Waals surface area contributed by atoms with Crippen molar-refractivity contribution in [3.8, 4) is 0 Å². The molecule has 0 bridgehead atoms. The van der Waals surface area contributed by atoms with Crippen molar-refractivity contribution in [2.24, 2.45) is 10.9 Å². The summed E-state index contributed by atoms with van der Waals surface area (Å²) >= 11 is 0. The number of hydrogen-bond donors (Lipinski definition) is 2. The average Bonchev–Trinajstić information content (AvgIpc) is 2.90. The molecule has 0 spiro atoms. The largest absolute Gasteiger partial charge is 0.356 e. The molecule has 0 aromatic carbocycles. The van der Waals surface area contributed by atoms with Crippen LogP contribution >= 0.6 is 24.0 Å². The maximum atomic E-state index is 11.7. The number of likely N-dealkylation sites (tertiary alicyclic amines) is 1. The monoisotopic (exact) mass is 487 g/mol. The normalized spacial score (nSPS) is 22.6. The Bertz CT molecular complexity index is 507. The number of rotatable bonds is 7. The molecule has 2 aliphatic rings. The van der Waals surface area contributed by atoms with E-state index in [1.807, 2.05) is 0 Å². The molecule has 0 saturated carbocycles. The number of guanidine groups is 1. The molecule has 7 nitrogen and oxygen atoms in total. The fourth-order valence-corrected chi connectivity index (χ4v) is 4.79. The van der Waals surface area contributed by atoms with Gasteiger partial charge in [-0.15, -0.1) is 24.0 Å². The van der Waals surface area contributed by atoms with Crippen LogP contribution in [0.15, 0.2) is 4.99 Å². The van der Waals surface area contributed by atoms with Gasteiger partial charge in [0.25, 0.3) is 0 Å². The summed E-state index contributed by atoms with van der Waals surface area (Å²) < 4.78 is 25.0. The first-order valence-corrected chi connectivity index (χ1v) is 10.8. The van der Waals surface area contributed by atoms with E-state index >= 15 is 0 Å². The van der Waals surface area contributed by atoms with Crippen molar-refractivity contribution < 1.29 is 8.42 Å². The van der Waals surface area contributed by atoms with Gasteiger partial charge in [-0.1, -0.05) is 6.92 Å². The Hall–Kier alpha value is -0.130. The molecule has 2 N–H and O–H groups in total. The van der Waals surface area contributed by atoms with E-state index in [1.165, 1.54) is 25.9 Å². The fourth-order valence-electron chi connectivity index (χ4n) is 3.26. The minimum Gasteiger partial charge on any atom is -0.356 e. The van der Waals surface area contributed by atoms with Crippen LogP contribution in [0.3, 0.4) is 0 Å². The smallest absolute Gasteiger partial charge is 0.214 e. The molecule has 2 fully saturated rings. The van der Waals surface area contributed by atoms with Crippen LogP contribution in [0.1, 0.15) is 32.6 Å². The number of piperidine rings is 1.